The first-order valence-electron chi connectivity index (χ1n) is 7.40. The summed E-state index contributed by atoms with van der Waals surface area (Å²) in [5, 5.41) is -0.330. The van der Waals surface area contributed by atoms with Crippen LogP contribution >= 0.6 is 0 Å². The monoisotopic (exact) mass is 334 g/mol. The smallest absolute Gasteiger partial charge is 0.248 e. The molecule has 2 aromatic rings. The van der Waals surface area contributed by atoms with Crippen LogP contribution in [0.5, 0.6) is 0 Å². The normalized spacial score (nSPS) is 14.4. The van der Waals surface area contributed by atoms with Crippen molar-refractivity contribution in [1.82, 2.24) is 4.98 Å². The lowest BCUT2D eigenvalue weighted by Crippen LogP contribution is -2.12. The fourth-order valence-corrected chi connectivity index (χ4v) is 3.13. The molecule has 0 aliphatic rings. The lowest BCUT2D eigenvalue weighted by molar-refractivity contribution is 0.1000. The average molecular weight is 334 g/mol. The highest BCUT2D eigenvalue weighted by Gasteiger charge is 2.24. The molecule has 2 atom stereocenters. The molecule has 1 heterocycles. The van der Waals surface area contributed by atoms with E-state index in [-0.39, 0.29) is 10.7 Å². The maximum atomic E-state index is 12.5. The highest BCUT2D eigenvalue weighted by atomic mass is 32.2. The van der Waals surface area contributed by atoms with E-state index in [1.165, 1.54) is 0 Å². The first-order valence-corrected chi connectivity index (χ1v) is 8.79. The third-order valence-corrected chi connectivity index (χ3v) is 5.13. The van der Waals surface area contributed by atoms with Gasteiger partial charge < -0.3 is 10.2 Å². The molecule has 23 heavy (non-hydrogen) atoms. The van der Waals surface area contributed by atoms with Crippen molar-refractivity contribution in [2.45, 2.75) is 44.1 Å². The Kier molecular flexibility index (Phi) is 5.04. The van der Waals surface area contributed by atoms with Crippen molar-refractivity contribution >= 4 is 16.7 Å². The van der Waals surface area contributed by atoms with Gasteiger partial charge >= 0.3 is 0 Å². The zero-order valence-electron chi connectivity index (χ0n) is 13.8. The van der Waals surface area contributed by atoms with Crippen LogP contribution in [0.2, 0.25) is 0 Å². The molecule has 0 fully saturated rings. The Labute approximate surface area is 138 Å². The van der Waals surface area contributed by atoms with Gasteiger partial charge in [0.05, 0.1) is 6.20 Å². The van der Waals surface area contributed by atoms with Gasteiger partial charge in [-0.2, -0.15) is 0 Å². The molecular weight excluding hydrogens is 312 g/mol. The summed E-state index contributed by atoms with van der Waals surface area (Å²) in [6.45, 7) is 7.93. The number of nitrogens with zero attached hydrogens (tertiary/aromatic N) is 1. The predicted octanol–water partition coefficient (Wildman–Crippen LogP) is 3.08. The molecule has 1 amide bonds. The minimum Gasteiger partial charge on any atom is -0.444 e. The van der Waals surface area contributed by atoms with E-state index < -0.39 is 16.7 Å². The number of primary amides is 1. The molecule has 2 rings (SSSR count). The Balaban J connectivity index is 2.12. The van der Waals surface area contributed by atoms with E-state index in [1.54, 1.807) is 24.4 Å². The van der Waals surface area contributed by atoms with Crippen LogP contribution in [0.4, 0.5) is 0 Å². The van der Waals surface area contributed by atoms with E-state index in [0.717, 1.165) is 11.3 Å². The second-order valence-electron chi connectivity index (χ2n) is 6.54. The molecule has 0 aliphatic carbocycles. The molecule has 0 radical (unpaired) electrons. The number of hydrogen-bond donors (Lipinski definition) is 1. The molecule has 0 unspecified atom stereocenters. The van der Waals surface area contributed by atoms with Crippen molar-refractivity contribution in [1.29, 1.82) is 0 Å². The Bertz CT molecular complexity index is 731. The van der Waals surface area contributed by atoms with Crippen LogP contribution in [0.15, 0.2) is 34.9 Å². The molecule has 2 N–H and O–H groups in total. The Morgan fingerprint density at radius 1 is 1.39 bits per heavy atom. The third-order valence-electron chi connectivity index (χ3n) is 3.53. The lowest BCUT2D eigenvalue weighted by Gasteiger charge is -2.14. The van der Waals surface area contributed by atoms with E-state index in [4.69, 9.17) is 10.2 Å². The topological polar surface area (TPSA) is 86.2 Å². The first-order chi connectivity index (χ1) is 10.7. The van der Waals surface area contributed by atoms with Crippen LogP contribution in [-0.2, 0) is 22.0 Å². The van der Waals surface area contributed by atoms with Gasteiger partial charge in [0.1, 0.15) is 11.0 Å². The first kappa shape index (κ1) is 17.4. The molecule has 1 aromatic carbocycles. The van der Waals surface area contributed by atoms with Gasteiger partial charge in [-0.3, -0.25) is 9.00 Å². The number of benzene rings is 1. The van der Waals surface area contributed by atoms with Crippen LogP contribution in [0.1, 0.15) is 60.5 Å². The highest BCUT2D eigenvalue weighted by Crippen LogP contribution is 2.27. The van der Waals surface area contributed by atoms with E-state index in [1.807, 2.05) is 33.8 Å². The molecule has 0 saturated heterocycles. The quantitative estimate of drug-likeness (QED) is 0.910. The standard InChI is InChI=1S/C17H22N2O3S/c1-11(16-19-9-14(22-16)17(2,3)4)23(21)10-12-6-5-7-13(8-12)15(18)20/h5-9,11H,10H2,1-4H3,(H2,18,20)/t11-,23+/m1/s1. The van der Waals surface area contributed by atoms with Gasteiger partial charge in [-0.25, -0.2) is 4.98 Å². The molecule has 0 aliphatic heterocycles. The van der Waals surface area contributed by atoms with Crippen molar-refractivity contribution in [3.63, 3.8) is 0 Å². The van der Waals surface area contributed by atoms with E-state index >= 15 is 0 Å². The number of amides is 1. The number of oxazole rings is 1. The molecule has 5 nitrogen and oxygen atoms in total. The summed E-state index contributed by atoms with van der Waals surface area (Å²) in [7, 11) is -1.21. The van der Waals surface area contributed by atoms with Crippen LogP contribution in [-0.4, -0.2) is 15.1 Å². The van der Waals surface area contributed by atoms with Gasteiger partial charge in [0.2, 0.25) is 11.8 Å². The molecule has 6 heteroatoms. The van der Waals surface area contributed by atoms with Crippen LogP contribution < -0.4 is 5.73 Å². The Morgan fingerprint density at radius 2 is 2.09 bits per heavy atom. The fourth-order valence-electron chi connectivity index (χ4n) is 2.04. The minimum atomic E-state index is -1.21. The van der Waals surface area contributed by atoms with Gasteiger partial charge in [-0.1, -0.05) is 32.9 Å². The van der Waals surface area contributed by atoms with Crippen molar-refractivity contribution in [2.75, 3.05) is 0 Å². The highest BCUT2D eigenvalue weighted by molar-refractivity contribution is 7.84. The number of carbonyl (C=O) groups excluding carboxylic acids is 1. The number of aromatic nitrogens is 1. The van der Waals surface area contributed by atoms with Gasteiger partial charge in [0.25, 0.3) is 0 Å². The summed E-state index contributed by atoms with van der Waals surface area (Å²) < 4.78 is 18.3. The zero-order chi connectivity index (χ0) is 17.2. The fraction of sp³-hybridized carbons (Fsp3) is 0.412. The van der Waals surface area contributed by atoms with E-state index in [0.29, 0.717) is 17.2 Å². The zero-order valence-corrected chi connectivity index (χ0v) is 14.6. The maximum absolute atomic E-state index is 12.5. The van der Waals surface area contributed by atoms with E-state index in [2.05, 4.69) is 4.98 Å². The van der Waals surface area contributed by atoms with Crippen molar-refractivity contribution in [3.05, 3.63) is 53.2 Å². The summed E-state index contributed by atoms with van der Waals surface area (Å²) in [6, 6.07) is 6.87. The summed E-state index contributed by atoms with van der Waals surface area (Å²) in [5.74, 6) is 1.06. The van der Waals surface area contributed by atoms with Crippen molar-refractivity contribution in [2.24, 2.45) is 5.73 Å². The Hall–Kier alpha value is -1.95. The summed E-state index contributed by atoms with van der Waals surface area (Å²) in [4.78, 5) is 15.5. The Morgan fingerprint density at radius 3 is 2.65 bits per heavy atom. The van der Waals surface area contributed by atoms with Gasteiger partial charge in [0.15, 0.2) is 0 Å². The predicted molar refractivity (Wildman–Crippen MR) is 90.4 cm³/mol. The molecule has 0 bridgehead atoms. The van der Waals surface area contributed by atoms with Gasteiger partial charge in [-0.15, -0.1) is 0 Å². The molecule has 0 saturated carbocycles. The lowest BCUT2D eigenvalue weighted by atomic mass is 9.94. The van der Waals surface area contributed by atoms with Gasteiger partial charge in [0, 0.05) is 27.5 Å². The summed E-state index contributed by atoms with van der Waals surface area (Å²) >= 11 is 0. The number of carbonyl (C=O) groups is 1. The third kappa shape index (κ3) is 4.28. The maximum Gasteiger partial charge on any atom is 0.248 e. The van der Waals surface area contributed by atoms with Crippen LogP contribution in [0.3, 0.4) is 0 Å². The molecule has 124 valence electrons. The number of hydrogen-bond acceptors (Lipinski definition) is 4. The molecule has 0 spiro atoms. The second-order valence-corrected chi connectivity index (χ2v) is 8.30. The van der Waals surface area contributed by atoms with Gasteiger partial charge in [-0.05, 0) is 24.6 Å². The van der Waals surface area contributed by atoms with Crippen molar-refractivity contribution < 1.29 is 13.4 Å². The van der Waals surface area contributed by atoms with Crippen molar-refractivity contribution in [3.8, 4) is 0 Å². The number of rotatable bonds is 5. The summed E-state index contributed by atoms with van der Waals surface area (Å²) in [6.07, 6.45) is 1.69. The van der Waals surface area contributed by atoms with Crippen LogP contribution in [0, 0.1) is 0 Å². The molecular formula is C17H22N2O3S. The number of nitrogens with two attached hydrogens (primary N) is 1. The SMILES string of the molecule is C[C@H](c1ncc(C(C)(C)C)o1)[S@@](=O)Cc1cccc(C(N)=O)c1. The van der Waals surface area contributed by atoms with Crippen LogP contribution in [0.25, 0.3) is 0 Å². The average Bonchev–Trinajstić information content (AvgIpc) is 2.96. The second kappa shape index (κ2) is 6.66. The minimum absolute atomic E-state index is 0.137. The van der Waals surface area contributed by atoms with E-state index in [9.17, 15) is 9.00 Å². The summed E-state index contributed by atoms with van der Waals surface area (Å²) in [5.41, 5.74) is 6.35. The molecule has 1 aromatic heterocycles. The largest absolute Gasteiger partial charge is 0.444 e.